The highest BCUT2D eigenvalue weighted by Gasteiger charge is 2.36. The van der Waals surface area contributed by atoms with Crippen molar-refractivity contribution >= 4 is 17.6 Å². The van der Waals surface area contributed by atoms with Crippen molar-refractivity contribution in [3.05, 3.63) is 41.1 Å². The molecule has 1 aliphatic carbocycles. The van der Waals surface area contributed by atoms with Crippen LogP contribution in [0.2, 0.25) is 0 Å². The van der Waals surface area contributed by atoms with E-state index in [1.54, 1.807) is 25.4 Å². The van der Waals surface area contributed by atoms with Crippen molar-refractivity contribution in [2.24, 2.45) is 5.41 Å². The van der Waals surface area contributed by atoms with Gasteiger partial charge >= 0.3 is 0 Å². The number of ketones is 1. The minimum atomic E-state index is -0.279. The van der Waals surface area contributed by atoms with E-state index in [2.05, 4.69) is 20.6 Å². The molecule has 0 unspecified atom stereocenters. The van der Waals surface area contributed by atoms with Crippen LogP contribution >= 0.6 is 0 Å². The van der Waals surface area contributed by atoms with E-state index in [0.29, 0.717) is 48.8 Å². The van der Waals surface area contributed by atoms with Gasteiger partial charge in [-0.25, -0.2) is 9.97 Å². The Morgan fingerprint density at radius 1 is 1.23 bits per heavy atom. The van der Waals surface area contributed by atoms with E-state index in [0.717, 1.165) is 6.42 Å². The monoisotopic (exact) mass is 356 g/mol. The van der Waals surface area contributed by atoms with Crippen molar-refractivity contribution < 1.29 is 14.0 Å². The summed E-state index contributed by atoms with van der Waals surface area (Å²) in [5.74, 6) is 1.23. The molecule has 2 aromatic heterocycles. The summed E-state index contributed by atoms with van der Waals surface area (Å²) in [4.78, 5) is 32.9. The molecule has 7 heteroatoms. The summed E-state index contributed by atoms with van der Waals surface area (Å²) in [5, 5.41) is 5.93. The maximum Gasteiger partial charge on any atom is 0.287 e. The molecule has 0 aliphatic heterocycles. The van der Waals surface area contributed by atoms with Crippen LogP contribution in [0.5, 0.6) is 0 Å². The van der Waals surface area contributed by atoms with E-state index in [9.17, 15) is 9.59 Å². The summed E-state index contributed by atoms with van der Waals surface area (Å²) in [6.45, 7) is 6.99. The van der Waals surface area contributed by atoms with Gasteiger partial charge in [0.25, 0.3) is 5.91 Å². The average molecular weight is 356 g/mol. The molecule has 138 valence electrons. The molecule has 0 radical (unpaired) electrons. The van der Waals surface area contributed by atoms with Crippen LogP contribution in [0.3, 0.4) is 0 Å². The number of carbonyl (C=O) groups is 2. The highest BCUT2D eigenvalue weighted by molar-refractivity contribution is 6.03. The van der Waals surface area contributed by atoms with Crippen molar-refractivity contribution in [2.75, 3.05) is 18.4 Å². The molecule has 1 aliphatic rings. The zero-order valence-corrected chi connectivity index (χ0v) is 15.4. The lowest BCUT2D eigenvalue weighted by Crippen LogP contribution is -2.26. The number of hydrogen-bond acceptors (Lipinski definition) is 6. The molecule has 0 bridgehead atoms. The molecule has 2 aromatic rings. The minimum absolute atomic E-state index is 0.0589. The summed E-state index contributed by atoms with van der Waals surface area (Å²) in [6, 6.07) is 1.75. The molecule has 2 heterocycles. The predicted molar refractivity (Wildman–Crippen MR) is 97.3 cm³/mol. The summed E-state index contributed by atoms with van der Waals surface area (Å²) >= 11 is 0. The lowest BCUT2D eigenvalue weighted by molar-refractivity contribution is 0.0889. The minimum Gasteiger partial charge on any atom is -0.455 e. The number of fused-ring (bicyclic) bond motifs is 1. The number of Topliss-reactive ketones (excluding diaryl/α,β-unsaturated/α-hetero) is 1. The zero-order valence-electron chi connectivity index (χ0n) is 15.4. The number of rotatable bonds is 6. The second-order valence-electron chi connectivity index (χ2n) is 7.40. The molecule has 7 nitrogen and oxygen atoms in total. The van der Waals surface area contributed by atoms with Gasteiger partial charge in [-0.2, -0.15) is 0 Å². The summed E-state index contributed by atoms with van der Waals surface area (Å²) < 4.78 is 5.76. The maximum absolute atomic E-state index is 12.4. The van der Waals surface area contributed by atoms with E-state index >= 15 is 0 Å². The molecule has 0 fully saturated rings. The fourth-order valence-electron chi connectivity index (χ4n) is 3.26. The van der Waals surface area contributed by atoms with Gasteiger partial charge in [0.2, 0.25) is 5.95 Å². The molecule has 0 saturated carbocycles. The number of hydrogen-bond donors (Lipinski definition) is 2. The molecule has 2 N–H and O–H groups in total. The maximum atomic E-state index is 12.4. The van der Waals surface area contributed by atoms with Crippen LogP contribution in [0.15, 0.2) is 22.9 Å². The Balaban J connectivity index is 1.55. The Morgan fingerprint density at radius 2 is 1.96 bits per heavy atom. The van der Waals surface area contributed by atoms with Gasteiger partial charge in [0, 0.05) is 43.9 Å². The third kappa shape index (κ3) is 3.92. The van der Waals surface area contributed by atoms with E-state index < -0.39 is 0 Å². The van der Waals surface area contributed by atoms with Crippen LogP contribution in [-0.4, -0.2) is 34.7 Å². The van der Waals surface area contributed by atoms with Crippen molar-refractivity contribution in [1.82, 2.24) is 15.3 Å². The number of nitrogens with zero attached hydrogens (tertiary/aromatic N) is 2. The molecule has 1 amide bonds. The average Bonchev–Trinajstić information content (AvgIpc) is 2.90. The second kappa shape index (κ2) is 7.27. The second-order valence-corrected chi connectivity index (χ2v) is 7.40. The van der Waals surface area contributed by atoms with Crippen LogP contribution in [0, 0.1) is 12.3 Å². The number of anilines is 1. The van der Waals surface area contributed by atoms with Crippen LogP contribution in [0.4, 0.5) is 5.95 Å². The van der Waals surface area contributed by atoms with Gasteiger partial charge in [-0.15, -0.1) is 0 Å². The number of aromatic nitrogens is 2. The Kier molecular flexibility index (Phi) is 5.06. The van der Waals surface area contributed by atoms with Gasteiger partial charge in [-0.1, -0.05) is 13.8 Å². The lowest BCUT2D eigenvalue weighted by Gasteiger charge is -2.27. The van der Waals surface area contributed by atoms with Crippen LogP contribution in [0.25, 0.3) is 0 Å². The highest BCUT2D eigenvalue weighted by Crippen LogP contribution is 2.38. The summed E-state index contributed by atoms with van der Waals surface area (Å²) in [7, 11) is 0. The van der Waals surface area contributed by atoms with Gasteiger partial charge < -0.3 is 15.1 Å². The summed E-state index contributed by atoms with van der Waals surface area (Å²) in [6.07, 6.45) is 5.20. The van der Waals surface area contributed by atoms with E-state index in [1.807, 2.05) is 13.8 Å². The molecule has 0 atom stereocenters. The third-order valence-corrected chi connectivity index (χ3v) is 4.47. The van der Waals surface area contributed by atoms with E-state index in [4.69, 9.17) is 4.42 Å². The fraction of sp³-hybridized carbons (Fsp3) is 0.474. The molecular formula is C19H24N4O3. The van der Waals surface area contributed by atoms with Crippen molar-refractivity contribution in [2.45, 2.75) is 40.0 Å². The van der Waals surface area contributed by atoms with Crippen molar-refractivity contribution in [1.29, 1.82) is 0 Å². The Labute approximate surface area is 152 Å². The van der Waals surface area contributed by atoms with Crippen LogP contribution in [0.1, 0.15) is 58.9 Å². The lowest BCUT2D eigenvalue weighted by atomic mass is 9.76. The summed E-state index contributed by atoms with van der Waals surface area (Å²) in [5.41, 5.74) is 1.11. The quantitative estimate of drug-likeness (QED) is 0.773. The molecular weight excluding hydrogens is 332 g/mol. The highest BCUT2D eigenvalue weighted by atomic mass is 16.4. The normalized spacial score (nSPS) is 15.4. The third-order valence-electron chi connectivity index (χ3n) is 4.47. The predicted octanol–water partition coefficient (Wildman–Crippen LogP) is 2.77. The van der Waals surface area contributed by atoms with Gasteiger partial charge in [-0.3, -0.25) is 9.59 Å². The molecule has 26 heavy (non-hydrogen) atoms. The number of carbonyl (C=O) groups excluding carboxylic acids is 2. The van der Waals surface area contributed by atoms with Gasteiger partial charge in [0.05, 0.1) is 5.56 Å². The Hall–Kier alpha value is -2.70. The first-order chi connectivity index (χ1) is 12.4. The zero-order chi connectivity index (χ0) is 18.7. The first-order valence-electron chi connectivity index (χ1n) is 8.82. The first-order valence-corrected chi connectivity index (χ1v) is 8.82. The van der Waals surface area contributed by atoms with Crippen LogP contribution < -0.4 is 10.6 Å². The van der Waals surface area contributed by atoms with Crippen molar-refractivity contribution in [3.63, 3.8) is 0 Å². The SMILES string of the molecule is Cc1c(C(=O)NCCCNc2ncccn2)oc2c1C(=O)CC(C)(C)C2. The van der Waals surface area contributed by atoms with Gasteiger partial charge in [0.1, 0.15) is 5.76 Å². The van der Waals surface area contributed by atoms with E-state index in [-0.39, 0.29) is 22.9 Å². The van der Waals surface area contributed by atoms with Gasteiger partial charge in [0.15, 0.2) is 11.5 Å². The van der Waals surface area contributed by atoms with E-state index in [1.165, 1.54) is 0 Å². The molecule has 0 saturated heterocycles. The largest absolute Gasteiger partial charge is 0.455 e. The Morgan fingerprint density at radius 3 is 2.69 bits per heavy atom. The standard InChI is InChI=1S/C19H24N4O3/c1-12-15-13(24)10-19(2,3)11-14(15)26-16(12)17(25)20-6-4-7-21-18-22-8-5-9-23-18/h5,8-9H,4,6-7,10-11H2,1-3H3,(H,20,25)(H,21,22,23). The number of nitrogens with one attached hydrogen (secondary N) is 2. The topological polar surface area (TPSA) is 97.1 Å². The first kappa shape index (κ1) is 18.1. The smallest absolute Gasteiger partial charge is 0.287 e. The number of amides is 1. The fourth-order valence-corrected chi connectivity index (χ4v) is 3.26. The van der Waals surface area contributed by atoms with Gasteiger partial charge in [-0.05, 0) is 24.8 Å². The molecule has 0 spiro atoms. The van der Waals surface area contributed by atoms with Crippen LogP contribution in [-0.2, 0) is 6.42 Å². The molecule has 3 rings (SSSR count). The van der Waals surface area contributed by atoms with Crippen molar-refractivity contribution in [3.8, 4) is 0 Å². The molecule has 0 aromatic carbocycles. The Bertz CT molecular complexity index is 812. The number of furan rings is 1.